The van der Waals surface area contributed by atoms with Crippen molar-refractivity contribution in [3.8, 4) is 11.8 Å². The smallest absolute Gasteiger partial charge is 0.229 e. The molecule has 0 amide bonds. The Hall–Kier alpha value is -1.57. The van der Waals surface area contributed by atoms with Gasteiger partial charge in [-0.3, -0.25) is 0 Å². The Morgan fingerprint density at radius 2 is 1.95 bits per heavy atom. The highest BCUT2D eigenvalue weighted by atomic mass is 32.2. The number of hydrogen-bond acceptors (Lipinski definition) is 7. The summed E-state index contributed by atoms with van der Waals surface area (Å²) in [6.45, 7) is 0.523. The lowest BCUT2D eigenvalue weighted by atomic mass is 10.1. The highest BCUT2D eigenvalue weighted by Crippen LogP contribution is 2.20. The number of methoxy groups -OCH3 is 2. The zero-order valence-electron chi connectivity index (χ0n) is 10.9. The highest BCUT2D eigenvalue weighted by molar-refractivity contribution is 7.91. The number of nitrogens with one attached hydrogen (secondary N) is 1. The molecule has 0 spiro atoms. The molecule has 1 aliphatic heterocycles. The van der Waals surface area contributed by atoms with Crippen LogP contribution in [0.4, 0.5) is 5.95 Å². The van der Waals surface area contributed by atoms with Gasteiger partial charge in [-0.05, 0) is 12.3 Å². The van der Waals surface area contributed by atoms with Crippen molar-refractivity contribution in [3.63, 3.8) is 0 Å². The zero-order valence-corrected chi connectivity index (χ0v) is 11.7. The summed E-state index contributed by atoms with van der Waals surface area (Å²) in [6.07, 6.45) is 0.677. The molecule has 2 rings (SSSR count). The normalized spacial score (nSPS) is 21.1. The van der Waals surface area contributed by atoms with Crippen LogP contribution in [0, 0.1) is 5.92 Å². The lowest BCUT2D eigenvalue weighted by molar-refractivity contribution is 0.372. The Balaban J connectivity index is 1.99. The predicted molar refractivity (Wildman–Crippen MR) is 70.4 cm³/mol. The van der Waals surface area contributed by atoms with Gasteiger partial charge in [-0.1, -0.05) is 0 Å². The van der Waals surface area contributed by atoms with Crippen LogP contribution in [0.3, 0.4) is 0 Å². The van der Waals surface area contributed by atoms with Gasteiger partial charge in [0.2, 0.25) is 17.7 Å². The van der Waals surface area contributed by atoms with Crippen LogP contribution < -0.4 is 14.8 Å². The molecule has 0 radical (unpaired) electrons. The summed E-state index contributed by atoms with van der Waals surface area (Å²) in [7, 11) is 0.162. The van der Waals surface area contributed by atoms with E-state index in [1.54, 1.807) is 6.07 Å². The summed E-state index contributed by atoms with van der Waals surface area (Å²) >= 11 is 0. The van der Waals surface area contributed by atoms with Crippen LogP contribution in [-0.4, -0.2) is 50.7 Å². The molecule has 0 aliphatic carbocycles. The fourth-order valence-electron chi connectivity index (χ4n) is 1.96. The molecule has 0 aromatic carbocycles. The number of rotatable bonds is 5. The minimum absolute atomic E-state index is 0.103. The van der Waals surface area contributed by atoms with Gasteiger partial charge in [-0.15, -0.1) is 0 Å². The monoisotopic (exact) mass is 287 g/mol. The third kappa shape index (κ3) is 3.69. The van der Waals surface area contributed by atoms with E-state index in [-0.39, 0.29) is 17.4 Å². The van der Waals surface area contributed by atoms with Crippen molar-refractivity contribution >= 4 is 15.8 Å². The average Bonchev–Trinajstić information content (AvgIpc) is 2.75. The molecule has 2 heterocycles. The second-order valence-corrected chi connectivity index (χ2v) is 6.65. The van der Waals surface area contributed by atoms with Crippen molar-refractivity contribution in [1.29, 1.82) is 0 Å². The average molecular weight is 287 g/mol. The van der Waals surface area contributed by atoms with Crippen LogP contribution in [-0.2, 0) is 9.84 Å². The van der Waals surface area contributed by atoms with Crippen LogP contribution in [0.25, 0.3) is 0 Å². The van der Waals surface area contributed by atoms with Gasteiger partial charge >= 0.3 is 0 Å². The van der Waals surface area contributed by atoms with E-state index in [0.717, 1.165) is 0 Å². The van der Waals surface area contributed by atoms with Crippen molar-refractivity contribution in [2.24, 2.45) is 5.92 Å². The summed E-state index contributed by atoms with van der Waals surface area (Å²) in [4.78, 5) is 8.25. The number of hydrogen-bond donors (Lipinski definition) is 1. The number of ether oxygens (including phenoxy) is 2. The maximum absolute atomic E-state index is 11.4. The molecule has 0 saturated carbocycles. The van der Waals surface area contributed by atoms with Gasteiger partial charge in [0.05, 0.1) is 31.8 Å². The summed E-state index contributed by atoms with van der Waals surface area (Å²) in [5, 5.41) is 3.03. The SMILES string of the molecule is COc1cc(OC)nc(NCC2CCS(=O)(=O)C2)n1. The van der Waals surface area contributed by atoms with Gasteiger partial charge < -0.3 is 14.8 Å². The van der Waals surface area contributed by atoms with E-state index in [0.29, 0.717) is 30.7 Å². The number of anilines is 1. The fourth-order valence-corrected chi connectivity index (χ4v) is 3.82. The first-order chi connectivity index (χ1) is 9.02. The van der Waals surface area contributed by atoms with Gasteiger partial charge in [0.1, 0.15) is 0 Å². The Morgan fingerprint density at radius 1 is 1.32 bits per heavy atom. The number of sulfone groups is 1. The Labute approximate surface area is 112 Å². The summed E-state index contributed by atoms with van der Waals surface area (Å²) in [5.74, 6) is 1.76. The van der Waals surface area contributed by atoms with Gasteiger partial charge in [-0.25, -0.2) is 8.42 Å². The number of nitrogens with zero attached hydrogens (tertiary/aromatic N) is 2. The quantitative estimate of drug-likeness (QED) is 0.835. The second-order valence-electron chi connectivity index (χ2n) is 4.43. The van der Waals surface area contributed by atoms with E-state index < -0.39 is 9.84 Å². The molecule has 0 bridgehead atoms. The van der Waals surface area contributed by atoms with E-state index in [1.807, 2.05) is 0 Å². The van der Waals surface area contributed by atoms with Crippen LogP contribution in [0.2, 0.25) is 0 Å². The van der Waals surface area contributed by atoms with E-state index in [1.165, 1.54) is 14.2 Å². The van der Waals surface area contributed by atoms with Crippen LogP contribution in [0.15, 0.2) is 6.07 Å². The predicted octanol–water partition coefficient (Wildman–Crippen LogP) is 0.340. The largest absolute Gasteiger partial charge is 0.481 e. The third-order valence-corrected chi connectivity index (χ3v) is 4.81. The second kappa shape index (κ2) is 5.60. The lowest BCUT2D eigenvalue weighted by Crippen LogP contribution is -2.17. The van der Waals surface area contributed by atoms with Gasteiger partial charge in [0.25, 0.3) is 0 Å². The molecule has 1 aromatic rings. The van der Waals surface area contributed by atoms with Gasteiger partial charge in [-0.2, -0.15) is 9.97 Å². The molecular weight excluding hydrogens is 270 g/mol. The first-order valence-corrected chi connectivity index (χ1v) is 7.76. The first-order valence-electron chi connectivity index (χ1n) is 5.94. The van der Waals surface area contributed by atoms with E-state index in [2.05, 4.69) is 15.3 Å². The minimum Gasteiger partial charge on any atom is -0.481 e. The molecule has 1 saturated heterocycles. The molecule has 1 unspecified atom stereocenters. The summed E-state index contributed by atoms with van der Waals surface area (Å²) < 4.78 is 32.8. The molecule has 7 nitrogen and oxygen atoms in total. The van der Waals surface area contributed by atoms with Crippen molar-refractivity contribution in [1.82, 2.24) is 9.97 Å². The standard InChI is InChI=1S/C11H17N3O4S/c1-17-9-5-10(18-2)14-11(13-9)12-6-8-3-4-19(15,16)7-8/h5,8H,3-4,6-7H2,1-2H3,(H,12,13,14). The topological polar surface area (TPSA) is 90.4 Å². The molecule has 1 aromatic heterocycles. The van der Waals surface area contributed by atoms with Crippen molar-refractivity contribution in [3.05, 3.63) is 6.07 Å². The molecule has 1 N–H and O–H groups in total. The Kier molecular flexibility index (Phi) is 4.08. The maximum Gasteiger partial charge on any atom is 0.229 e. The molecule has 1 atom stereocenters. The minimum atomic E-state index is -2.86. The first kappa shape index (κ1) is 13.9. The zero-order chi connectivity index (χ0) is 13.9. The molecule has 106 valence electrons. The molecule has 1 fully saturated rings. The number of aromatic nitrogens is 2. The molecule has 19 heavy (non-hydrogen) atoms. The van der Waals surface area contributed by atoms with E-state index in [4.69, 9.17) is 9.47 Å². The van der Waals surface area contributed by atoms with Crippen molar-refractivity contribution in [2.75, 3.05) is 37.6 Å². The Bertz CT molecular complexity index is 525. The van der Waals surface area contributed by atoms with Gasteiger partial charge in [0.15, 0.2) is 9.84 Å². The fraction of sp³-hybridized carbons (Fsp3) is 0.636. The van der Waals surface area contributed by atoms with Crippen LogP contribution in [0.1, 0.15) is 6.42 Å². The summed E-state index contributed by atoms with van der Waals surface area (Å²) in [5.41, 5.74) is 0. The Morgan fingerprint density at radius 3 is 2.42 bits per heavy atom. The maximum atomic E-state index is 11.4. The van der Waals surface area contributed by atoms with E-state index >= 15 is 0 Å². The molecule has 1 aliphatic rings. The van der Waals surface area contributed by atoms with Gasteiger partial charge in [0, 0.05) is 6.54 Å². The van der Waals surface area contributed by atoms with Crippen molar-refractivity contribution < 1.29 is 17.9 Å². The van der Waals surface area contributed by atoms with E-state index in [9.17, 15) is 8.42 Å². The van der Waals surface area contributed by atoms with Crippen molar-refractivity contribution in [2.45, 2.75) is 6.42 Å². The lowest BCUT2D eigenvalue weighted by Gasteiger charge is -2.11. The molecular formula is C11H17N3O4S. The highest BCUT2D eigenvalue weighted by Gasteiger charge is 2.27. The summed E-state index contributed by atoms with van der Waals surface area (Å²) in [6, 6.07) is 1.57. The van der Waals surface area contributed by atoms with Crippen LogP contribution in [0.5, 0.6) is 11.8 Å². The van der Waals surface area contributed by atoms with Crippen LogP contribution >= 0.6 is 0 Å². The molecule has 8 heteroatoms. The third-order valence-electron chi connectivity index (χ3n) is 2.97.